The maximum Gasteiger partial charge on any atom is 0.321 e. The quantitative estimate of drug-likeness (QED) is 0.413. The van der Waals surface area contributed by atoms with Gasteiger partial charge in [-0.05, 0) is 50.3 Å². The highest BCUT2D eigenvalue weighted by atomic mass is 16.4. The van der Waals surface area contributed by atoms with Gasteiger partial charge >= 0.3 is 6.03 Å². The number of nitrogens with zero attached hydrogens (tertiary/aromatic N) is 4. The molecule has 0 atom stereocenters. The zero-order chi connectivity index (χ0) is 22.8. The van der Waals surface area contributed by atoms with Crippen molar-refractivity contribution < 1.29 is 9.21 Å². The lowest BCUT2D eigenvalue weighted by Gasteiger charge is -2.07. The molecule has 0 radical (unpaired) electrons. The standard InChI is InChI=1S/C22H25N7O3.CH4/c1-5-23-22(31)27-21-25-17-9-14(13-6-7-29(4)18(30)10-13)8-16(19(17)26-21)20-24-11-15(32-20)12-28(2)3;/h6-11H,5,12H2,1-4H3,(H3,23,25,26,27,31);1H4. The normalized spacial score (nSPS) is 10.9. The highest BCUT2D eigenvalue weighted by Crippen LogP contribution is 2.33. The summed E-state index contributed by atoms with van der Waals surface area (Å²) in [7, 11) is 5.60. The van der Waals surface area contributed by atoms with Gasteiger partial charge in [0.25, 0.3) is 5.56 Å². The van der Waals surface area contributed by atoms with E-state index in [0.29, 0.717) is 47.3 Å². The molecule has 10 nitrogen and oxygen atoms in total. The van der Waals surface area contributed by atoms with Gasteiger partial charge in [-0.1, -0.05) is 7.43 Å². The molecule has 0 aliphatic carbocycles. The molecule has 10 heteroatoms. The van der Waals surface area contributed by atoms with E-state index in [2.05, 4.69) is 25.6 Å². The fourth-order valence-electron chi connectivity index (χ4n) is 3.36. The number of benzene rings is 1. The Balaban J connectivity index is 0.00000306. The number of aryl methyl sites for hydroxylation is 1. The number of fused-ring (bicyclic) bond motifs is 1. The van der Waals surface area contributed by atoms with Gasteiger partial charge in [0, 0.05) is 25.9 Å². The van der Waals surface area contributed by atoms with E-state index in [1.165, 1.54) is 4.57 Å². The van der Waals surface area contributed by atoms with Crippen LogP contribution in [0.4, 0.5) is 10.7 Å². The summed E-state index contributed by atoms with van der Waals surface area (Å²) in [5, 5.41) is 5.36. The molecule has 0 aliphatic rings. The van der Waals surface area contributed by atoms with Crippen molar-refractivity contribution in [2.75, 3.05) is 26.0 Å². The maximum atomic E-state index is 12.2. The van der Waals surface area contributed by atoms with Crippen molar-refractivity contribution >= 4 is 23.0 Å². The van der Waals surface area contributed by atoms with Crippen LogP contribution < -0.4 is 16.2 Å². The summed E-state index contributed by atoms with van der Waals surface area (Å²) in [6.07, 6.45) is 3.41. The van der Waals surface area contributed by atoms with Crippen molar-refractivity contribution in [3.63, 3.8) is 0 Å². The van der Waals surface area contributed by atoms with Crippen LogP contribution in [0, 0.1) is 0 Å². The summed E-state index contributed by atoms with van der Waals surface area (Å²) in [6.45, 7) is 2.94. The fourth-order valence-corrected chi connectivity index (χ4v) is 3.36. The molecule has 174 valence electrons. The molecule has 0 bridgehead atoms. The number of amides is 2. The van der Waals surface area contributed by atoms with Crippen LogP contribution in [0.2, 0.25) is 0 Å². The van der Waals surface area contributed by atoms with Gasteiger partial charge in [0.05, 0.1) is 23.8 Å². The van der Waals surface area contributed by atoms with E-state index in [-0.39, 0.29) is 19.0 Å². The van der Waals surface area contributed by atoms with Crippen LogP contribution in [-0.4, -0.2) is 51.1 Å². The third-order valence-corrected chi connectivity index (χ3v) is 4.85. The predicted molar refractivity (Wildman–Crippen MR) is 129 cm³/mol. The van der Waals surface area contributed by atoms with Gasteiger partial charge in [0.2, 0.25) is 11.8 Å². The highest BCUT2D eigenvalue weighted by molar-refractivity contribution is 5.97. The highest BCUT2D eigenvalue weighted by Gasteiger charge is 2.18. The van der Waals surface area contributed by atoms with Crippen molar-refractivity contribution in [3.8, 4) is 22.6 Å². The second-order valence-corrected chi connectivity index (χ2v) is 7.72. The molecule has 3 N–H and O–H groups in total. The Bertz CT molecular complexity index is 1330. The molecule has 0 spiro atoms. The average Bonchev–Trinajstić information content (AvgIpc) is 3.35. The number of rotatable bonds is 6. The summed E-state index contributed by atoms with van der Waals surface area (Å²) in [5.41, 5.74) is 3.37. The first-order valence-corrected chi connectivity index (χ1v) is 10.2. The van der Waals surface area contributed by atoms with Gasteiger partial charge in [-0.15, -0.1) is 0 Å². The van der Waals surface area contributed by atoms with Crippen molar-refractivity contribution in [2.24, 2.45) is 7.05 Å². The molecule has 0 aliphatic heterocycles. The number of H-pyrrole nitrogens is 1. The summed E-state index contributed by atoms with van der Waals surface area (Å²) in [4.78, 5) is 38.2. The second-order valence-electron chi connectivity index (χ2n) is 7.72. The molecule has 0 unspecified atom stereocenters. The van der Waals surface area contributed by atoms with Crippen LogP contribution in [-0.2, 0) is 13.6 Å². The first-order chi connectivity index (χ1) is 15.3. The molecule has 3 heterocycles. The van der Waals surface area contributed by atoms with Crippen molar-refractivity contribution in [1.82, 2.24) is 29.7 Å². The molecular weight excluding hydrogens is 422 g/mol. The second kappa shape index (κ2) is 9.70. The SMILES string of the molecule is C.CCNC(=O)Nc1nc2c(-c3ncc(CN(C)C)o3)cc(-c3ccn(C)c(=O)c3)cc2[nH]1. The van der Waals surface area contributed by atoms with E-state index >= 15 is 0 Å². The number of carbonyl (C=O) groups excluding carboxylic acids is 1. The molecule has 0 fully saturated rings. The molecule has 33 heavy (non-hydrogen) atoms. The third-order valence-electron chi connectivity index (χ3n) is 4.85. The summed E-state index contributed by atoms with van der Waals surface area (Å²) in [6, 6.07) is 6.85. The van der Waals surface area contributed by atoms with E-state index < -0.39 is 0 Å². The van der Waals surface area contributed by atoms with E-state index in [1.807, 2.05) is 44.1 Å². The smallest absolute Gasteiger partial charge is 0.321 e. The van der Waals surface area contributed by atoms with Crippen LogP contribution >= 0.6 is 0 Å². The minimum Gasteiger partial charge on any atom is -0.440 e. The van der Waals surface area contributed by atoms with E-state index in [9.17, 15) is 9.59 Å². The molecule has 0 saturated heterocycles. The first kappa shape index (κ1) is 23.7. The Labute approximate surface area is 191 Å². The summed E-state index contributed by atoms with van der Waals surface area (Å²) < 4.78 is 7.49. The maximum absolute atomic E-state index is 12.2. The molecule has 1 aromatic carbocycles. The Kier molecular flexibility index (Phi) is 6.98. The zero-order valence-corrected chi connectivity index (χ0v) is 18.4. The van der Waals surface area contributed by atoms with Gasteiger partial charge < -0.3 is 24.2 Å². The summed E-state index contributed by atoms with van der Waals surface area (Å²) >= 11 is 0. The minimum absolute atomic E-state index is 0. The predicted octanol–water partition coefficient (Wildman–Crippen LogP) is 3.42. The van der Waals surface area contributed by atoms with Crippen LogP contribution in [0.25, 0.3) is 33.6 Å². The lowest BCUT2D eigenvalue weighted by molar-refractivity contribution is 0.252. The first-order valence-electron chi connectivity index (χ1n) is 10.2. The van der Waals surface area contributed by atoms with Crippen LogP contribution in [0.15, 0.2) is 45.9 Å². The molecule has 4 aromatic rings. The van der Waals surface area contributed by atoms with Gasteiger partial charge in [-0.3, -0.25) is 10.1 Å². The van der Waals surface area contributed by atoms with Crippen LogP contribution in [0.1, 0.15) is 20.1 Å². The van der Waals surface area contributed by atoms with Crippen molar-refractivity contribution in [2.45, 2.75) is 20.9 Å². The van der Waals surface area contributed by atoms with Gasteiger partial charge in [0.15, 0.2) is 0 Å². The number of urea groups is 1. The number of imidazole rings is 1. The Morgan fingerprint density at radius 1 is 1.24 bits per heavy atom. The average molecular weight is 452 g/mol. The number of nitrogens with one attached hydrogen (secondary N) is 3. The summed E-state index contributed by atoms with van der Waals surface area (Å²) in [5.74, 6) is 1.43. The number of hydrogen-bond acceptors (Lipinski definition) is 6. The third kappa shape index (κ3) is 5.12. The minimum atomic E-state index is -0.357. The molecule has 4 rings (SSSR count). The lowest BCUT2D eigenvalue weighted by Crippen LogP contribution is -2.28. The lowest BCUT2D eigenvalue weighted by atomic mass is 10.0. The number of hydrogen-bond donors (Lipinski definition) is 3. The molecule has 3 aromatic heterocycles. The van der Waals surface area contributed by atoms with Crippen molar-refractivity contribution in [1.29, 1.82) is 0 Å². The molecular formula is C23H29N7O3. The topological polar surface area (TPSA) is 121 Å². The monoisotopic (exact) mass is 451 g/mol. The molecule has 0 saturated carbocycles. The zero-order valence-electron chi connectivity index (χ0n) is 18.4. The number of pyridine rings is 1. The molecule has 2 amide bonds. The van der Waals surface area contributed by atoms with E-state index in [1.54, 1.807) is 25.5 Å². The number of anilines is 1. The van der Waals surface area contributed by atoms with Gasteiger partial charge in [-0.2, -0.15) is 0 Å². The van der Waals surface area contributed by atoms with Gasteiger partial charge in [0.1, 0.15) is 11.3 Å². The van der Waals surface area contributed by atoms with Crippen molar-refractivity contribution in [3.05, 3.63) is 52.8 Å². The Morgan fingerprint density at radius 2 is 2.03 bits per heavy atom. The largest absolute Gasteiger partial charge is 0.440 e. The Morgan fingerprint density at radius 3 is 2.73 bits per heavy atom. The number of aromatic amines is 1. The Hall–Kier alpha value is -3.92. The fraction of sp³-hybridized carbons (Fsp3) is 0.304. The van der Waals surface area contributed by atoms with Gasteiger partial charge in [-0.25, -0.2) is 14.8 Å². The number of carbonyl (C=O) groups is 1. The van der Waals surface area contributed by atoms with E-state index in [0.717, 1.165) is 11.1 Å². The van der Waals surface area contributed by atoms with Crippen LogP contribution in [0.5, 0.6) is 0 Å². The van der Waals surface area contributed by atoms with E-state index in [4.69, 9.17) is 4.42 Å². The number of oxazole rings is 1. The number of aromatic nitrogens is 4. The van der Waals surface area contributed by atoms with Crippen LogP contribution in [0.3, 0.4) is 0 Å².